The highest BCUT2D eigenvalue weighted by Gasteiger charge is 2.33. The van der Waals surface area contributed by atoms with Crippen molar-refractivity contribution in [1.82, 2.24) is 0 Å². The van der Waals surface area contributed by atoms with Gasteiger partial charge in [0, 0.05) is 5.56 Å². The molecule has 244 valence electrons. The third-order valence-corrected chi connectivity index (χ3v) is 9.33. The second-order valence-corrected chi connectivity index (χ2v) is 12.9. The summed E-state index contributed by atoms with van der Waals surface area (Å²) in [5.74, 6) is 1.49. The first-order chi connectivity index (χ1) is 21.3. The quantitative estimate of drug-likeness (QED) is 0.111. The summed E-state index contributed by atoms with van der Waals surface area (Å²) in [6, 6.07) is 10.5. The van der Waals surface area contributed by atoms with E-state index < -0.39 is 12.2 Å². The number of ether oxygens (including phenoxy) is 2. The van der Waals surface area contributed by atoms with E-state index in [-0.39, 0.29) is 6.10 Å². The number of amides is 2. The lowest BCUT2D eigenvalue weighted by molar-refractivity contribution is 0.0817. The molecule has 0 fully saturated rings. The smallest absolute Gasteiger partial charge is 0.409 e. The summed E-state index contributed by atoms with van der Waals surface area (Å²) in [5, 5.41) is 0. The van der Waals surface area contributed by atoms with Crippen molar-refractivity contribution in [3.05, 3.63) is 41.5 Å². The van der Waals surface area contributed by atoms with Gasteiger partial charge in [0.2, 0.25) is 0 Å². The Morgan fingerprint density at radius 2 is 1.27 bits per heavy atom. The molecular formula is C38H58N2O4. The Balaban J connectivity index is 2.07. The standard InChI is InChI=1S/C38H58N2O4/c1-5-9-13-14-19-27(17-10-6-2)23-29-26-34(44-38(40)42)36-32-22-16-15-21-31(32)35(36)33(29)25-28(18-11-7-3)24-30(20-12-8-4)43-37(39)41/h15-16,21-22,26-28,30H,5-14,17-20,23-25H2,1-4H3,(H2,39,41)(H2,40,42). The van der Waals surface area contributed by atoms with E-state index in [0.29, 0.717) is 17.6 Å². The minimum Gasteiger partial charge on any atom is -0.446 e. The Hall–Kier alpha value is -3.02. The van der Waals surface area contributed by atoms with Crippen molar-refractivity contribution in [2.75, 3.05) is 0 Å². The lowest BCUT2D eigenvalue weighted by atomic mass is 9.72. The predicted octanol–water partition coefficient (Wildman–Crippen LogP) is 10.5. The molecule has 1 aliphatic rings. The molecule has 3 atom stereocenters. The maximum atomic E-state index is 12.1. The highest BCUT2D eigenvalue weighted by molar-refractivity contribution is 6.07. The molecule has 0 radical (unpaired) electrons. The molecule has 3 rings (SSSR count). The van der Waals surface area contributed by atoms with Crippen LogP contribution in [0.15, 0.2) is 30.3 Å². The largest absolute Gasteiger partial charge is 0.446 e. The van der Waals surface area contributed by atoms with Crippen LogP contribution in [-0.2, 0) is 17.6 Å². The van der Waals surface area contributed by atoms with Gasteiger partial charge in [0.05, 0.1) is 0 Å². The summed E-state index contributed by atoms with van der Waals surface area (Å²) >= 11 is 0. The van der Waals surface area contributed by atoms with E-state index >= 15 is 0 Å². The first-order valence-corrected chi connectivity index (χ1v) is 17.5. The van der Waals surface area contributed by atoms with Crippen LogP contribution in [0.4, 0.5) is 9.59 Å². The topological polar surface area (TPSA) is 105 Å². The number of carbonyl (C=O) groups is 2. The summed E-state index contributed by atoms with van der Waals surface area (Å²) in [6.45, 7) is 8.91. The number of carbonyl (C=O) groups excluding carboxylic acids is 2. The zero-order chi connectivity index (χ0) is 31.9. The van der Waals surface area contributed by atoms with Crippen molar-refractivity contribution in [3.8, 4) is 28.0 Å². The number of primary amides is 2. The van der Waals surface area contributed by atoms with Gasteiger partial charge in [-0.2, -0.15) is 0 Å². The molecule has 2 aromatic rings. The van der Waals surface area contributed by atoms with Gasteiger partial charge in [-0.3, -0.25) is 0 Å². The van der Waals surface area contributed by atoms with Crippen LogP contribution >= 0.6 is 0 Å². The van der Waals surface area contributed by atoms with E-state index in [0.717, 1.165) is 68.9 Å². The maximum absolute atomic E-state index is 12.1. The molecule has 0 aliphatic heterocycles. The van der Waals surface area contributed by atoms with Crippen LogP contribution in [0.2, 0.25) is 0 Å². The first kappa shape index (κ1) is 35.5. The molecule has 2 aromatic carbocycles. The lowest BCUT2D eigenvalue weighted by Crippen LogP contribution is -2.26. The molecule has 6 heteroatoms. The number of nitrogens with two attached hydrogens (primary N) is 2. The van der Waals surface area contributed by atoms with E-state index in [1.165, 1.54) is 73.6 Å². The average Bonchev–Trinajstić information content (AvgIpc) is 2.98. The van der Waals surface area contributed by atoms with Crippen LogP contribution in [-0.4, -0.2) is 18.3 Å². The fraction of sp³-hybridized carbons (Fsp3) is 0.632. The molecule has 0 saturated heterocycles. The Kier molecular flexibility index (Phi) is 15.1. The molecule has 0 heterocycles. The normalized spacial score (nSPS) is 13.7. The molecule has 2 amide bonds. The lowest BCUT2D eigenvalue weighted by Gasteiger charge is -2.33. The Bertz CT molecular complexity index is 1190. The highest BCUT2D eigenvalue weighted by Crippen LogP contribution is 2.55. The second-order valence-electron chi connectivity index (χ2n) is 12.9. The number of benzene rings is 2. The molecule has 0 bridgehead atoms. The van der Waals surface area contributed by atoms with Crippen molar-refractivity contribution in [1.29, 1.82) is 0 Å². The minimum absolute atomic E-state index is 0.177. The molecule has 0 saturated carbocycles. The van der Waals surface area contributed by atoms with Crippen LogP contribution in [0.5, 0.6) is 5.75 Å². The number of fused-ring (bicyclic) bond motifs is 4. The summed E-state index contributed by atoms with van der Waals surface area (Å²) in [5.41, 5.74) is 18.3. The van der Waals surface area contributed by atoms with Crippen molar-refractivity contribution >= 4 is 12.2 Å². The molecule has 44 heavy (non-hydrogen) atoms. The Morgan fingerprint density at radius 1 is 0.682 bits per heavy atom. The third-order valence-electron chi connectivity index (χ3n) is 9.33. The second kappa shape index (κ2) is 18.7. The predicted molar refractivity (Wildman–Crippen MR) is 182 cm³/mol. The van der Waals surface area contributed by atoms with Crippen LogP contribution in [0, 0.1) is 11.8 Å². The van der Waals surface area contributed by atoms with E-state index in [2.05, 4.69) is 52.0 Å². The van der Waals surface area contributed by atoms with Crippen molar-refractivity contribution < 1.29 is 19.1 Å². The number of hydrogen-bond donors (Lipinski definition) is 2. The molecule has 6 nitrogen and oxygen atoms in total. The van der Waals surface area contributed by atoms with Gasteiger partial charge >= 0.3 is 12.2 Å². The SMILES string of the molecule is CCCCCCC(CCCC)Cc1cc(OC(N)=O)c2c(c1CC(CCCC)CC(CCCC)OC(N)=O)-c1ccccc1-2. The van der Waals surface area contributed by atoms with Crippen molar-refractivity contribution in [2.45, 2.75) is 143 Å². The van der Waals surface area contributed by atoms with Crippen LogP contribution in [0.25, 0.3) is 22.3 Å². The van der Waals surface area contributed by atoms with Gasteiger partial charge in [-0.25, -0.2) is 9.59 Å². The van der Waals surface area contributed by atoms with E-state index in [1.807, 2.05) is 6.07 Å². The van der Waals surface area contributed by atoms with Gasteiger partial charge in [-0.15, -0.1) is 0 Å². The minimum atomic E-state index is -0.777. The number of hydrogen-bond acceptors (Lipinski definition) is 4. The molecule has 1 aliphatic carbocycles. The molecule has 0 aromatic heterocycles. The van der Waals surface area contributed by atoms with Gasteiger partial charge in [-0.1, -0.05) is 135 Å². The summed E-state index contributed by atoms with van der Waals surface area (Å²) in [4.78, 5) is 23.9. The fourth-order valence-corrected chi connectivity index (χ4v) is 7.07. The Labute approximate surface area is 266 Å². The van der Waals surface area contributed by atoms with Crippen molar-refractivity contribution in [2.24, 2.45) is 23.3 Å². The summed E-state index contributed by atoms with van der Waals surface area (Å²) in [7, 11) is 0. The van der Waals surface area contributed by atoms with Gasteiger partial charge in [0.15, 0.2) is 0 Å². The number of rotatable bonds is 22. The van der Waals surface area contributed by atoms with Crippen LogP contribution < -0.4 is 16.2 Å². The first-order valence-electron chi connectivity index (χ1n) is 17.5. The van der Waals surface area contributed by atoms with Crippen LogP contribution in [0.3, 0.4) is 0 Å². The molecule has 4 N–H and O–H groups in total. The summed E-state index contributed by atoms with van der Waals surface area (Å²) in [6.07, 6.45) is 17.0. The summed E-state index contributed by atoms with van der Waals surface area (Å²) < 4.78 is 11.4. The zero-order valence-electron chi connectivity index (χ0n) is 27.9. The Morgan fingerprint density at radius 3 is 1.89 bits per heavy atom. The zero-order valence-corrected chi connectivity index (χ0v) is 27.9. The monoisotopic (exact) mass is 606 g/mol. The molecule has 0 spiro atoms. The highest BCUT2D eigenvalue weighted by atomic mass is 16.6. The van der Waals surface area contributed by atoms with Crippen molar-refractivity contribution in [3.63, 3.8) is 0 Å². The van der Waals surface area contributed by atoms with Gasteiger partial charge in [0.1, 0.15) is 11.9 Å². The van der Waals surface area contributed by atoms with E-state index in [1.54, 1.807) is 0 Å². The average molecular weight is 607 g/mol. The van der Waals surface area contributed by atoms with Gasteiger partial charge < -0.3 is 20.9 Å². The fourth-order valence-electron chi connectivity index (χ4n) is 7.07. The van der Waals surface area contributed by atoms with E-state index in [9.17, 15) is 9.59 Å². The maximum Gasteiger partial charge on any atom is 0.409 e. The third kappa shape index (κ3) is 10.3. The molecular weight excluding hydrogens is 548 g/mol. The molecule has 3 unspecified atom stereocenters. The number of unbranched alkanes of at least 4 members (excludes halogenated alkanes) is 6. The van der Waals surface area contributed by atoms with E-state index in [4.69, 9.17) is 20.9 Å². The van der Waals surface area contributed by atoms with Gasteiger partial charge in [-0.05, 0) is 71.4 Å². The van der Waals surface area contributed by atoms with Crippen LogP contribution in [0.1, 0.15) is 135 Å². The van der Waals surface area contributed by atoms with Gasteiger partial charge in [0.25, 0.3) is 0 Å².